The van der Waals surface area contributed by atoms with Gasteiger partial charge in [0.15, 0.2) is 0 Å². The molecule has 5 heteroatoms. The van der Waals surface area contributed by atoms with Gasteiger partial charge < -0.3 is 14.7 Å². The Labute approximate surface area is 108 Å². The number of halogens is 1. The number of rotatable bonds is 2. The molecule has 1 atom stereocenters. The molecule has 0 aliphatic carbocycles. The first-order valence-corrected chi connectivity index (χ1v) is 6.15. The fourth-order valence-corrected chi connectivity index (χ4v) is 2.27. The van der Waals surface area contributed by atoms with Crippen molar-refractivity contribution in [2.75, 3.05) is 24.7 Å². The van der Waals surface area contributed by atoms with E-state index >= 15 is 0 Å². The molecular weight excluding hydrogens is 286 g/mol. The van der Waals surface area contributed by atoms with Crippen LogP contribution in [0.3, 0.4) is 0 Å². The smallest absolute Gasteiger partial charge is 0.253 e. The van der Waals surface area contributed by atoms with Gasteiger partial charge in [-0.1, -0.05) is 12.1 Å². The SMILES string of the molecule is CC1(CO)CN(c2ccccc2Br)C(=O)CO1. The highest BCUT2D eigenvalue weighted by Gasteiger charge is 2.36. The summed E-state index contributed by atoms with van der Waals surface area (Å²) in [6.07, 6.45) is 0. The Bertz CT molecular complexity index is 438. The lowest BCUT2D eigenvalue weighted by Gasteiger charge is -2.39. The van der Waals surface area contributed by atoms with Crippen molar-refractivity contribution < 1.29 is 14.6 Å². The Morgan fingerprint density at radius 1 is 1.53 bits per heavy atom. The zero-order chi connectivity index (χ0) is 12.5. The van der Waals surface area contributed by atoms with Gasteiger partial charge >= 0.3 is 0 Å². The first-order chi connectivity index (χ1) is 8.06. The monoisotopic (exact) mass is 299 g/mol. The maximum atomic E-state index is 11.8. The Morgan fingerprint density at radius 3 is 2.88 bits per heavy atom. The Kier molecular flexibility index (Phi) is 3.51. The highest BCUT2D eigenvalue weighted by atomic mass is 79.9. The Hall–Kier alpha value is -0.910. The number of morpholine rings is 1. The number of hydrogen-bond acceptors (Lipinski definition) is 3. The molecular formula is C12H14BrNO3. The molecule has 1 aliphatic rings. The van der Waals surface area contributed by atoms with E-state index in [1.54, 1.807) is 11.8 Å². The van der Waals surface area contributed by atoms with Crippen molar-refractivity contribution >= 4 is 27.5 Å². The maximum Gasteiger partial charge on any atom is 0.253 e. The second kappa shape index (κ2) is 4.76. The molecule has 0 saturated carbocycles. The summed E-state index contributed by atoms with van der Waals surface area (Å²) < 4.78 is 6.22. The number of anilines is 1. The van der Waals surface area contributed by atoms with Crippen LogP contribution in [0, 0.1) is 0 Å². The van der Waals surface area contributed by atoms with Gasteiger partial charge in [0.05, 0.1) is 18.8 Å². The summed E-state index contributed by atoms with van der Waals surface area (Å²) in [4.78, 5) is 13.5. The van der Waals surface area contributed by atoms with Gasteiger partial charge in [0.2, 0.25) is 0 Å². The zero-order valence-corrected chi connectivity index (χ0v) is 11.1. The van der Waals surface area contributed by atoms with Crippen LogP contribution in [0.15, 0.2) is 28.7 Å². The lowest BCUT2D eigenvalue weighted by atomic mass is 10.0. The van der Waals surface area contributed by atoms with E-state index in [0.29, 0.717) is 6.54 Å². The summed E-state index contributed by atoms with van der Waals surface area (Å²) in [5, 5.41) is 9.30. The summed E-state index contributed by atoms with van der Waals surface area (Å²) in [7, 11) is 0. The van der Waals surface area contributed by atoms with Crippen LogP contribution in [0.1, 0.15) is 6.92 Å². The van der Waals surface area contributed by atoms with E-state index in [4.69, 9.17) is 4.74 Å². The summed E-state index contributed by atoms with van der Waals surface area (Å²) in [5.74, 6) is -0.0946. The number of aliphatic hydroxyl groups excluding tert-OH is 1. The van der Waals surface area contributed by atoms with Crippen LogP contribution < -0.4 is 4.90 Å². The van der Waals surface area contributed by atoms with E-state index in [0.717, 1.165) is 10.2 Å². The molecule has 1 N–H and O–H groups in total. The van der Waals surface area contributed by atoms with Gasteiger partial charge in [-0.05, 0) is 35.0 Å². The average Bonchev–Trinajstić information content (AvgIpc) is 2.34. The second-order valence-electron chi connectivity index (χ2n) is 4.33. The van der Waals surface area contributed by atoms with Gasteiger partial charge in [-0.25, -0.2) is 0 Å². The molecule has 2 rings (SSSR count). The molecule has 1 amide bonds. The molecule has 1 aromatic rings. The largest absolute Gasteiger partial charge is 0.393 e. The quantitative estimate of drug-likeness (QED) is 0.902. The minimum absolute atomic E-state index is 0.00159. The molecule has 1 aliphatic heterocycles. The lowest BCUT2D eigenvalue weighted by molar-refractivity contribution is -0.141. The number of carbonyl (C=O) groups is 1. The third-order valence-corrected chi connectivity index (χ3v) is 3.49. The van der Waals surface area contributed by atoms with Gasteiger partial charge in [0.25, 0.3) is 5.91 Å². The minimum atomic E-state index is -0.691. The van der Waals surface area contributed by atoms with Gasteiger partial charge in [-0.15, -0.1) is 0 Å². The van der Waals surface area contributed by atoms with Crippen LogP contribution in [0.25, 0.3) is 0 Å². The summed E-state index contributed by atoms with van der Waals surface area (Å²) in [6.45, 7) is 2.04. The van der Waals surface area contributed by atoms with Gasteiger partial charge in [-0.2, -0.15) is 0 Å². The molecule has 1 aromatic carbocycles. The predicted octanol–water partition coefficient (Wildman–Crippen LogP) is 1.56. The van der Waals surface area contributed by atoms with Crippen LogP contribution in [0.5, 0.6) is 0 Å². The third-order valence-electron chi connectivity index (χ3n) is 2.82. The first-order valence-electron chi connectivity index (χ1n) is 5.35. The molecule has 92 valence electrons. The average molecular weight is 300 g/mol. The molecule has 17 heavy (non-hydrogen) atoms. The van der Waals surface area contributed by atoms with E-state index in [-0.39, 0.29) is 19.1 Å². The van der Waals surface area contributed by atoms with Crippen molar-refractivity contribution in [3.63, 3.8) is 0 Å². The van der Waals surface area contributed by atoms with E-state index in [1.807, 2.05) is 24.3 Å². The molecule has 0 radical (unpaired) electrons. The molecule has 0 spiro atoms. The van der Waals surface area contributed by atoms with Crippen molar-refractivity contribution in [2.24, 2.45) is 0 Å². The molecule has 1 fully saturated rings. The number of aliphatic hydroxyl groups is 1. The summed E-state index contributed by atoms with van der Waals surface area (Å²) in [6, 6.07) is 7.52. The van der Waals surface area contributed by atoms with E-state index in [1.165, 1.54) is 0 Å². The topological polar surface area (TPSA) is 49.8 Å². The first kappa shape index (κ1) is 12.5. The highest BCUT2D eigenvalue weighted by molar-refractivity contribution is 9.10. The lowest BCUT2D eigenvalue weighted by Crippen LogP contribution is -2.55. The highest BCUT2D eigenvalue weighted by Crippen LogP contribution is 2.30. The summed E-state index contributed by atoms with van der Waals surface area (Å²) >= 11 is 3.42. The Morgan fingerprint density at radius 2 is 2.24 bits per heavy atom. The molecule has 1 saturated heterocycles. The van der Waals surface area contributed by atoms with Crippen molar-refractivity contribution in [1.29, 1.82) is 0 Å². The standard InChI is InChI=1S/C12H14BrNO3/c1-12(8-15)7-14(11(16)6-17-12)10-5-3-2-4-9(10)13/h2-5,15H,6-8H2,1H3. The van der Waals surface area contributed by atoms with Crippen molar-refractivity contribution in [3.05, 3.63) is 28.7 Å². The van der Waals surface area contributed by atoms with Gasteiger partial charge in [0, 0.05) is 4.47 Å². The normalized spacial score (nSPS) is 25.1. The summed E-state index contributed by atoms with van der Waals surface area (Å²) in [5.41, 5.74) is 0.115. The van der Waals surface area contributed by atoms with E-state index in [9.17, 15) is 9.90 Å². The van der Waals surface area contributed by atoms with E-state index in [2.05, 4.69) is 15.9 Å². The van der Waals surface area contributed by atoms with Crippen LogP contribution >= 0.6 is 15.9 Å². The minimum Gasteiger partial charge on any atom is -0.393 e. The van der Waals surface area contributed by atoms with Crippen LogP contribution in [0.4, 0.5) is 5.69 Å². The zero-order valence-electron chi connectivity index (χ0n) is 9.52. The van der Waals surface area contributed by atoms with Gasteiger partial charge in [-0.3, -0.25) is 4.79 Å². The van der Waals surface area contributed by atoms with Crippen molar-refractivity contribution in [1.82, 2.24) is 0 Å². The van der Waals surface area contributed by atoms with Crippen molar-refractivity contribution in [3.8, 4) is 0 Å². The number of para-hydroxylation sites is 1. The number of carbonyl (C=O) groups excluding carboxylic acids is 1. The Balaban J connectivity index is 2.30. The molecule has 4 nitrogen and oxygen atoms in total. The maximum absolute atomic E-state index is 11.8. The predicted molar refractivity (Wildman–Crippen MR) is 67.9 cm³/mol. The molecule has 1 heterocycles. The molecule has 1 unspecified atom stereocenters. The van der Waals surface area contributed by atoms with E-state index < -0.39 is 5.60 Å². The number of amides is 1. The number of nitrogens with zero attached hydrogens (tertiary/aromatic N) is 1. The number of hydrogen-bond donors (Lipinski definition) is 1. The molecule has 0 bridgehead atoms. The number of ether oxygens (including phenoxy) is 1. The van der Waals surface area contributed by atoms with Gasteiger partial charge in [0.1, 0.15) is 12.2 Å². The molecule has 0 aromatic heterocycles. The van der Waals surface area contributed by atoms with Crippen molar-refractivity contribution in [2.45, 2.75) is 12.5 Å². The second-order valence-corrected chi connectivity index (χ2v) is 5.18. The fourth-order valence-electron chi connectivity index (χ4n) is 1.77. The fraction of sp³-hybridized carbons (Fsp3) is 0.417. The van der Waals surface area contributed by atoms with Crippen LogP contribution in [-0.4, -0.2) is 36.4 Å². The third kappa shape index (κ3) is 2.51. The van der Waals surface area contributed by atoms with Crippen LogP contribution in [0.2, 0.25) is 0 Å². The van der Waals surface area contributed by atoms with Crippen LogP contribution in [-0.2, 0) is 9.53 Å². The number of benzene rings is 1.